The number of amides is 2. The Kier molecular flexibility index (Phi) is 6.64. The predicted molar refractivity (Wildman–Crippen MR) is 101 cm³/mol. The van der Waals surface area contributed by atoms with Crippen LogP contribution < -0.4 is 5.32 Å². The van der Waals surface area contributed by atoms with E-state index >= 15 is 0 Å². The molecular formula is C19H29N3O3S. The van der Waals surface area contributed by atoms with Crippen LogP contribution in [-0.4, -0.2) is 46.4 Å². The molecule has 2 atom stereocenters. The lowest BCUT2D eigenvalue weighted by molar-refractivity contribution is -0.133. The van der Waals surface area contributed by atoms with E-state index in [1.54, 1.807) is 6.20 Å². The molecule has 7 heteroatoms. The number of nitrogens with one attached hydrogen (secondary N) is 1. The Bertz CT molecular complexity index is 607. The molecule has 6 nitrogen and oxygen atoms in total. The van der Waals surface area contributed by atoms with Crippen LogP contribution in [0.4, 0.5) is 0 Å². The maximum absolute atomic E-state index is 12.5. The fourth-order valence-corrected chi connectivity index (χ4v) is 4.77. The summed E-state index contributed by atoms with van der Waals surface area (Å²) in [7, 11) is 0. The molecule has 3 rings (SSSR count). The number of rotatable bonds is 6. The number of carbonyl (C=O) groups is 2. The molecule has 1 saturated heterocycles. The Morgan fingerprint density at radius 1 is 1.35 bits per heavy atom. The first-order chi connectivity index (χ1) is 12.6. The number of hydrogen-bond acceptors (Lipinski definition) is 5. The summed E-state index contributed by atoms with van der Waals surface area (Å²) in [5.41, 5.74) is -0.877. The number of hydrogen-bond donors (Lipinski definition) is 2. The second-order valence-corrected chi connectivity index (χ2v) is 8.37. The molecule has 1 aromatic rings. The van der Waals surface area contributed by atoms with E-state index in [2.05, 4.69) is 10.3 Å². The highest BCUT2D eigenvalue weighted by atomic mass is 32.1. The van der Waals surface area contributed by atoms with Crippen molar-refractivity contribution in [2.45, 2.75) is 63.4 Å². The number of nitrogens with zero attached hydrogens (tertiary/aromatic N) is 2. The van der Waals surface area contributed by atoms with E-state index in [9.17, 15) is 14.7 Å². The first-order valence-electron chi connectivity index (χ1n) is 9.76. The zero-order chi connectivity index (χ0) is 18.4. The largest absolute Gasteiger partial charge is 0.383 e. The molecule has 0 spiro atoms. The van der Waals surface area contributed by atoms with Gasteiger partial charge < -0.3 is 15.3 Å². The van der Waals surface area contributed by atoms with E-state index in [-0.39, 0.29) is 17.7 Å². The van der Waals surface area contributed by atoms with Crippen LogP contribution in [0.2, 0.25) is 0 Å². The maximum atomic E-state index is 12.5. The van der Waals surface area contributed by atoms with Crippen molar-refractivity contribution in [3.05, 3.63) is 16.6 Å². The van der Waals surface area contributed by atoms with Crippen molar-refractivity contribution in [3.63, 3.8) is 0 Å². The zero-order valence-corrected chi connectivity index (χ0v) is 16.1. The second-order valence-electron chi connectivity index (χ2n) is 7.48. The first kappa shape index (κ1) is 19.3. The van der Waals surface area contributed by atoms with Crippen LogP contribution in [0, 0.1) is 5.92 Å². The van der Waals surface area contributed by atoms with Gasteiger partial charge in [-0.25, -0.2) is 4.98 Å². The van der Waals surface area contributed by atoms with Gasteiger partial charge in [-0.05, 0) is 51.4 Å². The van der Waals surface area contributed by atoms with Crippen molar-refractivity contribution in [1.29, 1.82) is 0 Å². The van der Waals surface area contributed by atoms with Gasteiger partial charge in [0, 0.05) is 43.5 Å². The molecule has 0 unspecified atom stereocenters. The summed E-state index contributed by atoms with van der Waals surface area (Å²) >= 11 is 1.48. The number of aromatic nitrogens is 1. The van der Waals surface area contributed by atoms with Crippen LogP contribution >= 0.6 is 11.3 Å². The highest BCUT2D eigenvalue weighted by Gasteiger charge is 2.36. The SMILES string of the molecule is O=C(NCCCN1CCCCC1=O)[C@H]1CCC[C@](O)(c2nccs2)CC1. The van der Waals surface area contributed by atoms with E-state index < -0.39 is 5.60 Å². The number of carbonyl (C=O) groups excluding carboxylic acids is 2. The Balaban J connectivity index is 1.40. The fourth-order valence-electron chi connectivity index (χ4n) is 3.98. The fraction of sp³-hybridized carbons (Fsp3) is 0.737. The van der Waals surface area contributed by atoms with Gasteiger partial charge in [0.15, 0.2) is 0 Å². The zero-order valence-electron chi connectivity index (χ0n) is 15.3. The number of aliphatic hydroxyl groups is 1. The third-order valence-corrected chi connectivity index (χ3v) is 6.54. The van der Waals surface area contributed by atoms with Crippen molar-refractivity contribution < 1.29 is 14.7 Å². The Morgan fingerprint density at radius 2 is 2.23 bits per heavy atom. The maximum Gasteiger partial charge on any atom is 0.223 e. The van der Waals surface area contributed by atoms with E-state index in [4.69, 9.17) is 0 Å². The van der Waals surface area contributed by atoms with Crippen LogP contribution in [0.1, 0.15) is 62.8 Å². The molecule has 2 aliphatic rings. The lowest BCUT2D eigenvalue weighted by atomic mass is 9.94. The van der Waals surface area contributed by atoms with Crippen LogP contribution in [0.15, 0.2) is 11.6 Å². The standard InChI is InChI=1S/C19H29N3O3S/c23-16-6-1-2-12-22(16)13-4-10-20-17(24)15-5-3-8-19(25,9-7-15)18-21-11-14-26-18/h11,14-15,25H,1-10,12-13H2,(H,20,24)/t15-,19+/m0/s1. The summed E-state index contributed by atoms with van der Waals surface area (Å²) in [4.78, 5) is 30.4. The monoisotopic (exact) mass is 379 g/mol. The molecule has 1 saturated carbocycles. The molecule has 1 aliphatic heterocycles. The van der Waals surface area contributed by atoms with Crippen molar-refractivity contribution >= 4 is 23.2 Å². The highest BCUT2D eigenvalue weighted by molar-refractivity contribution is 7.09. The van der Waals surface area contributed by atoms with Gasteiger partial charge in [0.25, 0.3) is 0 Å². The number of thiazole rings is 1. The van der Waals surface area contributed by atoms with Crippen molar-refractivity contribution in [2.75, 3.05) is 19.6 Å². The third-order valence-electron chi connectivity index (χ3n) is 5.58. The van der Waals surface area contributed by atoms with Crippen molar-refractivity contribution in [2.24, 2.45) is 5.92 Å². The van der Waals surface area contributed by atoms with Gasteiger partial charge >= 0.3 is 0 Å². The van der Waals surface area contributed by atoms with Gasteiger partial charge in [0.05, 0.1) is 0 Å². The predicted octanol–water partition coefficient (Wildman–Crippen LogP) is 2.43. The number of piperidine rings is 1. The van der Waals surface area contributed by atoms with Gasteiger partial charge in [0.1, 0.15) is 10.6 Å². The average molecular weight is 380 g/mol. The first-order valence-corrected chi connectivity index (χ1v) is 10.6. The van der Waals surface area contributed by atoms with Gasteiger partial charge in [-0.2, -0.15) is 0 Å². The smallest absolute Gasteiger partial charge is 0.223 e. The summed E-state index contributed by atoms with van der Waals surface area (Å²) in [5, 5.41) is 16.6. The second kappa shape index (κ2) is 8.95. The van der Waals surface area contributed by atoms with Gasteiger partial charge in [0.2, 0.25) is 11.8 Å². The number of likely N-dealkylation sites (tertiary alicyclic amines) is 1. The molecule has 2 heterocycles. The van der Waals surface area contributed by atoms with Gasteiger partial charge in [-0.15, -0.1) is 11.3 Å². The van der Waals surface area contributed by atoms with Gasteiger partial charge in [-0.3, -0.25) is 9.59 Å². The summed E-state index contributed by atoms with van der Waals surface area (Å²) in [6.07, 6.45) is 8.85. The Morgan fingerprint density at radius 3 is 3.00 bits per heavy atom. The van der Waals surface area contributed by atoms with Crippen LogP contribution in [0.3, 0.4) is 0 Å². The normalized spacial score (nSPS) is 27.2. The summed E-state index contributed by atoms with van der Waals surface area (Å²) in [6, 6.07) is 0. The van der Waals surface area contributed by atoms with E-state index in [1.165, 1.54) is 11.3 Å². The highest BCUT2D eigenvalue weighted by Crippen LogP contribution is 2.38. The molecule has 2 amide bonds. The summed E-state index contributed by atoms with van der Waals surface area (Å²) in [5.74, 6) is 0.284. The van der Waals surface area contributed by atoms with Crippen LogP contribution in [0.5, 0.6) is 0 Å². The third kappa shape index (κ3) is 4.82. The average Bonchev–Trinajstić information content (AvgIpc) is 3.11. The molecule has 2 fully saturated rings. The minimum absolute atomic E-state index is 0.0411. The molecule has 0 aromatic carbocycles. The minimum Gasteiger partial charge on any atom is -0.383 e. The van der Waals surface area contributed by atoms with E-state index in [0.29, 0.717) is 32.2 Å². The molecule has 144 valence electrons. The molecule has 0 bridgehead atoms. The minimum atomic E-state index is -0.877. The summed E-state index contributed by atoms with van der Waals surface area (Å²) in [6.45, 7) is 2.19. The molecule has 0 radical (unpaired) electrons. The Hall–Kier alpha value is -1.47. The molecule has 1 aliphatic carbocycles. The molecule has 26 heavy (non-hydrogen) atoms. The lowest BCUT2D eigenvalue weighted by Gasteiger charge is -2.26. The van der Waals surface area contributed by atoms with Crippen molar-refractivity contribution in [3.8, 4) is 0 Å². The van der Waals surface area contributed by atoms with E-state index in [1.807, 2.05) is 10.3 Å². The topological polar surface area (TPSA) is 82.5 Å². The van der Waals surface area contributed by atoms with Crippen LogP contribution in [-0.2, 0) is 15.2 Å². The lowest BCUT2D eigenvalue weighted by Crippen LogP contribution is -2.38. The summed E-state index contributed by atoms with van der Waals surface area (Å²) < 4.78 is 0. The molecule has 2 N–H and O–H groups in total. The van der Waals surface area contributed by atoms with Crippen molar-refractivity contribution in [1.82, 2.24) is 15.2 Å². The van der Waals surface area contributed by atoms with E-state index in [0.717, 1.165) is 50.2 Å². The molecular weight excluding hydrogens is 350 g/mol. The van der Waals surface area contributed by atoms with Gasteiger partial charge in [-0.1, -0.05) is 0 Å². The Labute approximate surface area is 159 Å². The quantitative estimate of drug-likeness (QED) is 0.587. The molecule has 1 aromatic heterocycles. The van der Waals surface area contributed by atoms with Crippen LogP contribution in [0.25, 0.3) is 0 Å².